The normalized spacial score (nSPS) is 11.0. The van der Waals surface area contributed by atoms with Gasteiger partial charge in [0.05, 0.1) is 5.02 Å². The molecule has 2 aromatic rings. The lowest BCUT2D eigenvalue weighted by atomic mass is 10.3. The Bertz CT molecular complexity index is 413. The van der Waals surface area contributed by atoms with Crippen molar-refractivity contribution in [2.75, 3.05) is 0 Å². The molecule has 0 aliphatic heterocycles. The SMILES string of the molecule is CCc1nc2cc(Cl)c(F)cc2o1. The minimum absolute atomic E-state index is 0.0726. The molecule has 0 aliphatic carbocycles. The monoisotopic (exact) mass is 199 g/mol. The lowest BCUT2D eigenvalue weighted by Crippen LogP contribution is -1.77. The standard InChI is InChI=1S/C9H7ClFNO/c1-2-9-12-7-3-5(10)6(11)4-8(7)13-9/h3-4H,2H2,1H3. The number of hydrogen-bond acceptors (Lipinski definition) is 2. The molecular formula is C9H7ClFNO. The van der Waals surface area contributed by atoms with Gasteiger partial charge in [-0.2, -0.15) is 0 Å². The van der Waals surface area contributed by atoms with Crippen molar-refractivity contribution in [3.63, 3.8) is 0 Å². The highest BCUT2D eigenvalue weighted by Crippen LogP contribution is 2.23. The molecule has 0 unspecified atom stereocenters. The van der Waals surface area contributed by atoms with Crippen LogP contribution in [-0.4, -0.2) is 4.98 Å². The molecule has 0 bridgehead atoms. The maximum atomic E-state index is 12.9. The molecule has 0 atom stereocenters. The molecule has 0 aliphatic rings. The number of halogens is 2. The van der Waals surface area contributed by atoms with Gasteiger partial charge in [-0.25, -0.2) is 9.37 Å². The van der Waals surface area contributed by atoms with Gasteiger partial charge in [0, 0.05) is 12.5 Å². The first-order chi connectivity index (χ1) is 6.20. The molecule has 0 saturated heterocycles. The van der Waals surface area contributed by atoms with Crippen molar-refractivity contribution in [3.05, 3.63) is 28.9 Å². The van der Waals surface area contributed by atoms with Gasteiger partial charge in [-0.15, -0.1) is 0 Å². The van der Waals surface area contributed by atoms with Crippen LogP contribution in [0, 0.1) is 5.82 Å². The lowest BCUT2D eigenvalue weighted by molar-refractivity contribution is 0.534. The van der Waals surface area contributed by atoms with Crippen molar-refractivity contribution in [2.24, 2.45) is 0 Å². The Balaban J connectivity index is 2.70. The van der Waals surface area contributed by atoms with Gasteiger partial charge >= 0.3 is 0 Å². The molecule has 1 heterocycles. The maximum Gasteiger partial charge on any atom is 0.195 e. The zero-order chi connectivity index (χ0) is 9.42. The average molecular weight is 200 g/mol. The van der Waals surface area contributed by atoms with Gasteiger partial charge < -0.3 is 4.42 Å². The van der Waals surface area contributed by atoms with Crippen LogP contribution in [0.4, 0.5) is 4.39 Å². The first-order valence-electron chi connectivity index (χ1n) is 3.95. The molecule has 0 fully saturated rings. The van der Waals surface area contributed by atoms with Gasteiger partial charge in [-0.1, -0.05) is 18.5 Å². The fourth-order valence-corrected chi connectivity index (χ4v) is 1.28. The van der Waals surface area contributed by atoms with E-state index in [1.165, 1.54) is 12.1 Å². The third-order valence-corrected chi connectivity index (χ3v) is 2.07. The van der Waals surface area contributed by atoms with Crippen LogP contribution in [0.5, 0.6) is 0 Å². The topological polar surface area (TPSA) is 26.0 Å². The number of rotatable bonds is 1. The quantitative estimate of drug-likeness (QED) is 0.705. The summed E-state index contributed by atoms with van der Waals surface area (Å²) in [5.74, 6) is 0.115. The van der Waals surface area contributed by atoms with Gasteiger partial charge in [0.25, 0.3) is 0 Å². The highest BCUT2D eigenvalue weighted by atomic mass is 35.5. The van der Waals surface area contributed by atoms with Crippen molar-refractivity contribution in [1.82, 2.24) is 4.98 Å². The molecule has 0 N–H and O–H groups in total. The Morgan fingerprint density at radius 3 is 3.00 bits per heavy atom. The van der Waals surface area contributed by atoms with Gasteiger partial charge in [-0.05, 0) is 6.07 Å². The molecule has 0 amide bonds. The summed E-state index contributed by atoms with van der Waals surface area (Å²) >= 11 is 5.58. The van der Waals surface area contributed by atoms with Gasteiger partial charge in [0.1, 0.15) is 11.3 Å². The van der Waals surface area contributed by atoms with Crippen molar-refractivity contribution >= 4 is 22.7 Å². The van der Waals surface area contributed by atoms with E-state index in [2.05, 4.69) is 4.98 Å². The zero-order valence-corrected chi connectivity index (χ0v) is 7.73. The van der Waals surface area contributed by atoms with E-state index in [1.807, 2.05) is 6.92 Å². The summed E-state index contributed by atoms with van der Waals surface area (Å²) in [6.45, 7) is 1.92. The lowest BCUT2D eigenvalue weighted by Gasteiger charge is -1.90. The van der Waals surface area contributed by atoms with E-state index in [0.29, 0.717) is 23.4 Å². The zero-order valence-electron chi connectivity index (χ0n) is 6.97. The largest absolute Gasteiger partial charge is 0.441 e. The molecule has 1 aromatic heterocycles. The van der Waals surface area contributed by atoms with Crippen LogP contribution in [0.1, 0.15) is 12.8 Å². The van der Waals surface area contributed by atoms with E-state index < -0.39 is 5.82 Å². The summed E-state index contributed by atoms with van der Waals surface area (Å²) in [4.78, 5) is 4.12. The van der Waals surface area contributed by atoms with Crippen molar-refractivity contribution in [1.29, 1.82) is 0 Å². The van der Waals surface area contributed by atoms with Crippen LogP contribution in [0.3, 0.4) is 0 Å². The first kappa shape index (κ1) is 8.51. The third-order valence-electron chi connectivity index (χ3n) is 1.78. The van der Waals surface area contributed by atoms with Gasteiger partial charge in [0.15, 0.2) is 11.5 Å². The second-order valence-electron chi connectivity index (χ2n) is 2.70. The molecule has 0 spiro atoms. The molecule has 1 aromatic carbocycles. The molecule has 4 heteroatoms. The Hall–Kier alpha value is -1.09. The molecule has 2 nitrogen and oxygen atoms in total. The molecule has 2 rings (SSSR count). The van der Waals surface area contributed by atoms with E-state index in [1.54, 1.807) is 0 Å². The van der Waals surface area contributed by atoms with E-state index in [0.717, 1.165) is 0 Å². The number of nitrogens with zero attached hydrogens (tertiary/aromatic N) is 1. The summed E-state index contributed by atoms with van der Waals surface area (Å²) < 4.78 is 18.2. The molecule has 68 valence electrons. The number of aromatic nitrogens is 1. The Kier molecular flexibility index (Phi) is 1.96. The van der Waals surface area contributed by atoms with E-state index >= 15 is 0 Å². The van der Waals surface area contributed by atoms with Gasteiger partial charge in [-0.3, -0.25) is 0 Å². The number of oxazole rings is 1. The predicted molar refractivity (Wildman–Crippen MR) is 48.4 cm³/mol. The average Bonchev–Trinajstić information content (AvgIpc) is 2.48. The first-order valence-corrected chi connectivity index (χ1v) is 4.33. The van der Waals surface area contributed by atoms with Crippen molar-refractivity contribution < 1.29 is 8.81 Å². The summed E-state index contributed by atoms with van der Waals surface area (Å²) in [5.41, 5.74) is 1.04. The molecule has 0 saturated carbocycles. The van der Waals surface area contributed by atoms with Crippen LogP contribution in [0.2, 0.25) is 5.02 Å². The molecule has 0 radical (unpaired) electrons. The van der Waals surface area contributed by atoms with Crippen LogP contribution in [0.25, 0.3) is 11.1 Å². The Labute approximate surface area is 79.3 Å². The minimum atomic E-state index is -0.479. The number of fused-ring (bicyclic) bond motifs is 1. The van der Waals surface area contributed by atoms with Crippen LogP contribution >= 0.6 is 11.6 Å². The van der Waals surface area contributed by atoms with Crippen LogP contribution < -0.4 is 0 Å². The fourth-order valence-electron chi connectivity index (χ4n) is 1.12. The van der Waals surface area contributed by atoms with Crippen molar-refractivity contribution in [3.8, 4) is 0 Å². The second kappa shape index (κ2) is 3.00. The number of aryl methyl sites for hydroxylation is 1. The smallest absolute Gasteiger partial charge is 0.195 e. The summed E-state index contributed by atoms with van der Waals surface area (Å²) in [5, 5.41) is 0.0726. The van der Waals surface area contributed by atoms with Gasteiger partial charge in [0.2, 0.25) is 0 Å². The van der Waals surface area contributed by atoms with Crippen LogP contribution in [0.15, 0.2) is 16.5 Å². The van der Waals surface area contributed by atoms with E-state index in [4.69, 9.17) is 16.0 Å². The Morgan fingerprint density at radius 1 is 1.54 bits per heavy atom. The highest BCUT2D eigenvalue weighted by Gasteiger charge is 2.08. The molecule has 13 heavy (non-hydrogen) atoms. The summed E-state index contributed by atoms with van der Waals surface area (Å²) in [6, 6.07) is 2.72. The highest BCUT2D eigenvalue weighted by molar-refractivity contribution is 6.31. The minimum Gasteiger partial charge on any atom is -0.441 e. The molecular weight excluding hydrogens is 193 g/mol. The third kappa shape index (κ3) is 1.40. The predicted octanol–water partition coefficient (Wildman–Crippen LogP) is 3.18. The van der Waals surface area contributed by atoms with Crippen molar-refractivity contribution in [2.45, 2.75) is 13.3 Å². The summed E-state index contributed by atoms with van der Waals surface area (Å²) in [6.07, 6.45) is 0.688. The van der Waals surface area contributed by atoms with Crippen LogP contribution in [-0.2, 0) is 6.42 Å². The second-order valence-corrected chi connectivity index (χ2v) is 3.10. The van der Waals surface area contributed by atoms with E-state index in [-0.39, 0.29) is 5.02 Å². The number of benzene rings is 1. The summed E-state index contributed by atoms with van der Waals surface area (Å²) in [7, 11) is 0. The fraction of sp³-hybridized carbons (Fsp3) is 0.222. The Morgan fingerprint density at radius 2 is 2.31 bits per heavy atom. The van der Waals surface area contributed by atoms with E-state index in [9.17, 15) is 4.39 Å². The number of hydrogen-bond donors (Lipinski definition) is 0. The maximum absolute atomic E-state index is 12.9.